The maximum Gasteiger partial charge on any atom is 0.307 e. The van der Waals surface area contributed by atoms with Crippen LogP contribution in [0.15, 0.2) is 12.4 Å². The molecular formula is C11H16N2O4S. The van der Waals surface area contributed by atoms with Crippen LogP contribution in [0.5, 0.6) is 0 Å². The minimum absolute atomic E-state index is 0.0751. The Morgan fingerprint density at radius 3 is 2.89 bits per heavy atom. The zero-order valence-corrected chi connectivity index (χ0v) is 10.9. The molecule has 0 bridgehead atoms. The van der Waals surface area contributed by atoms with Gasteiger partial charge in [0.1, 0.15) is 9.84 Å². The molecule has 6 nitrogen and oxygen atoms in total. The van der Waals surface area contributed by atoms with Crippen LogP contribution >= 0.6 is 0 Å². The first kappa shape index (κ1) is 13.1. The van der Waals surface area contributed by atoms with E-state index in [1.54, 1.807) is 10.9 Å². The maximum atomic E-state index is 11.0. The van der Waals surface area contributed by atoms with E-state index in [0.717, 1.165) is 5.56 Å². The molecule has 2 rings (SSSR count). The van der Waals surface area contributed by atoms with Crippen LogP contribution < -0.4 is 0 Å². The summed E-state index contributed by atoms with van der Waals surface area (Å²) in [6.07, 6.45) is 5.89. The number of rotatable bonds is 6. The molecule has 18 heavy (non-hydrogen) atoms. The van der Waals surface area contributed by atoms with Crippen molar-refractivity contribution >= 4 is 15.8 Å². The second-order valence-electron chi connectivity index (χ2n) is 4.81. The Labute approximate surface area is 106 Å². The molecule has 1 saturated carbocycles. The standard InChI is InChI=1S/C11H16N2O4S/c1-18(16,17)4-2-3-13-7-8(6-12-13)9-5-10(9)11(14)15/h6-7,9-10H,2-5H2,1H3,(H,14,15)/t9-,10+/m1/s1. The largest absolute Gasteiger partial charge is 0.481 e. The minimum Gasteiger partial charge on any atom is -0.481 e. The molecule has 1 aromatic heterocycles. The summed E-state index contributed by atoms with van der Waals surface area (Å²) in [6, 6.07) is 0. The van der Waals surface area contributed by atoms with Crippen molar-refractivity contribution in [2.75, 3.05) is 12.0 Å². The Kier molecular flexibility index (Phi) is 3.43. The van der Waals surface area contributed by atoms with Gasteiger partial charge in [-0.15, -0.1) is 0 Å². The van der Waals surface area contributed by atoms with Gasteiger partial charge in [0.15, 0.2) is 0 Å². The van der Waals surface area contributed by atoms with Gasteiger partial charge in [-0.25, -0.2) is 8.42 Å². The van der Waals surface area contributed by atoms with Gasteiger partial charge in [0, 0.05) is 24.9 Å². The number of hydrogen-bond acceptors (Lipinski definition) is 4. The van der Waals surface area contributed by atoms with Gasteiger partial charge in [-0.1, -0.05) is 0 Å². The summed E-state index contributed by atoms with van der Waals surface area (Å²) in [5, 5.41) is 12.9. The predicted octanol–water partition coefficient (Wildman–Crippen LogP) is 0.506. The number of aryl methyl sites for hydroxylation is 1. The zero-order chi connectivity index (χ0) is 13.3. The van der Waals surface area contributed by atoms with E-state index < -0.39 is 15.8 Å². The fraction of sp³-hybridized carbons (Fsp3) is 0.636. The second-order valence-corrected chi connectivity index (χ2v) is 7.07. The fourth-order valence-corrected chi connectivity index (χ4v) is 2.67. The number of carbonyl (C=O) groups is 1. The van der Waals surface area contributed by atoms with Gasteiger partial charge in [0.25, 0.3) is 0 Å². The van der Waals surface area contributed by atoms with Crippen LogP contribution in [-0.4, -0.2) is 41.3 Å². The van der Waals surface area contributed by atoms with Gasteiger partial charge in [-0.05, 0) is 18.4 Å². The normalized spacial score (nSPS) is 22.9. The number of carboxylic acids is 1. The lowest BCUT2D eigenvalue weighted by atomic mass is 10.2. The van der Waals surface area contributed by atoms with Crippen molar-refractivity contribution in [3.05, 3.63) is 18.0 Å². The molecule has 2 atom stereocenters. The van der Waals surface area contributed by atoms with Crippen molar-refractivity contribution in [1.82, 2.24) is 9.78 Å². The van der Waals surface area contributed by atoms with Crippen molar-refractivity contribution in [3.63, 3.8) is 0 Å². The molecule has 1 N–H and O–H groups in total. The highest BCUT2D eigenvalue weighted by molar-refractivity contribution is 7.90. The molecule has 0 amide bonds. The van der Waals surface area contributed by atoms with Crippen LogP contribution in [0.4, 0.5) is 0 Å². The summed E-state index contributed by atoms with van der Waals surface area (Å²) in [6.45, 7) is 0.539. The summed E-state index contributed by atoms with van der Waals surface area (Å²) < 4.78 is 23.6. The van der Waals surface area contributed by atoms with Crippen LogP contribution in [0, 0.1) is 5.92 Å². The van der Waals surface area contributed by atoms with E-state index in [9.17, 15) is 13.2 Å². The van der Waals surface area contributed by atoms with Crippen molar-refractivity contribution in [3.8, 4) is 0 Å². The lowest BCUT2D eigenvalue weighted by molar-refractivity contribution is -0.138. The Balaban J connectivity index is 1.86. The first-order chi connectivity index (χ1) is 8.37. The predicted molar refractivity (Wildman–Crippen MR) is 65.0 cm³/mol. The van der Waals surface area contributed by atoms with Gasteiger partial charge in [-0.3, -0.25) is 9.48 Å². The van der Waals surface area contributed by atoms with E-state index in [-0.39, 0.29) is 17.6 Å². The van der Waals surface area contributed by atoms with Crippen LogP contribution in [-0.2, 0) is 21.2 Å². The second kappa shape index (κ2) is 4.72. The van der Waals surface area contributed by atoms with Crippen LogP contribution in [0.3, 0.4) is 0 Å². The molecule has 0 saturated heterocycles. The third-order valence-electron chi connectivity index (χ3n) is 3.09. The van der Waals surface area contributed by atoms with Crippen molar-refractivity contribution in [1.29, 1.82) is 0 Å². The van der Waals surface area contributed by atoms with Gasteiger partial charge >= 0.3 is 5.97 Å². The van der Waals surface area contributed by atoms with E-state index >= 15 is 0 Å². The van der Waals surface area contributed by atoms with E-state index in [1.165, 1.54) is 6.26 Å². The Hall–Kier alpha value is -1.37. The molecule has 0 spiro atoms. The third-order valence-corrected chi connectivity index (χ3v) is 4.12. The van der Waals surface area contributed by atoms with Crippen LogP contribution in [0.1, 0.15) is 24.3 Å². The molecule has 1 aliphatic rings. The number of hydrogen-bond donors (Lipinski definition) is 1. The highest BCUT2D eigenvalue weighted by Crippen LogP contribution is 2.47. The fourth-order valence-electron chi connectivity index (χ4n) is 2.02. The van der Waals surface area contributed by atoms with Gasteiger partial charge in [0.05, 0.1) is 17.9 Å². The molecule has 7 heteroatoms. The SMILES string of the molecule is CS(=O)(=O)CCCn1cc([C@H]2C[C@@H]2C(=O)O)cn1. The molecule has 1 aromatic rings. The maximum absolute atomic E-state index is 11.0. The van der Waals surface area contributed by atoms with Gasteiger partial charge < -0.3 is 5.11 Å². The highest BCUT2D eigenvalue weighted by Gasteiger charge is 2.44. The van der Waals surface area contributed by atoms with Gasteiger partial charge in [0.2, 0.25) is 0 Å². The summed E-state index contributed by atoms with van der Waals surface area (Å²) in [4.78, 5) is 10.7. The molecule has 1 fully saturated rings. The van der Waals surface area contributed by atoms with E-state index in [0.29, 0.717) is 19.4 Å². The summed E-state index contributed by atoms with van der Waals surface area (Å²) in [7, 11) is -2.93. The monoisotopic (exact) mass is 272 g/mol. The summed E-state index contributed by atoms with van der Waals surface area (Å²) >= 11 is 0. The molecular weight excluding hydrogens is 256 g/mol. The van der Waals surface area contributed by atoms with Gasteiger partial charge in [-0.2, -0.15) is 5.10 Å². The summed E-state index contributed by atoms with van der Waals surface area (Å²) in [5.74, 6) is -0.821. The van der Waals surface area contributed by atoms with Crippen molar-refractivity contribution in [2.45, 2.75) is 25.3 Å². The molecule has 1 heterocycles. The van der Waals surface area contributed by atoms with E-state index in [1.807, 2.05) is 6.20 Å². The average molecular weight is 272 g/mol. The number of aliphatic carboxylic acids is 1. The van der Waals surface area contributed by atoms with E-state index in [4.69, 9.17) is 5.11 Å². The van der Waals surface area contributed by atoms with Crippen LogP contribution in [0.25, 0.3) is 0 Å². The quantitative estimate of drug-likeness (QED) is 0.814. The Morgan fingerprint density at radius 2 is 2.33 bits per heavy atom. The Bertz CT molecular complexity index is 549. The van der Waals surface area contributed by atoms with Crippen molar-refractivity contribution in [2.24, 2.45) is 5.92 Å². The number of carboxylic acid groups (broad SMARTS) is 1. The number of nitrogens with zero attached hydrogens (tertiary/aromatic N) is 2. The molecule has 100 valence electrons. The lowest BCUT2D eigenvalue weighted by Gasteiger charge is -1.99. The topological polar surface area (TPSA) is 89.3 Å². The lowest BCUT2D eigenvalue weighted by Crippen LogP contribution is -2.07. The molecule has 0 aromatic carbocycles. The first-order valence-electron chi connectivity index (χ1n) is 5.80. The molecule has 0 unspecified atom stereocenters. The van der Waals surface area contributed by atoms with E-state index in [2.05, 4.69) is 5.10 Å². The van der Waals surface area contributed by atoms with Crippen molar-refractivity contribution < 1.29 is 18.3 Å². The first-order valence-corrected chi connectivity index (χ1v) is 7.86. The smallest absolute Gasteiger partial charge is 0.307 e. The average Bonchev–Trinajstić information content (AvgIpc) is 2.91. The number of aromatic nitrogens is 2. The molecule has 1 aliphatic carbocycles. The molecule has 0 aliphatic heterocycles. The minimum atomic E-state index is -2.93. The van der Waals surface area contributed by atoms with Crippen LogP contribution in [0.2, 0.25) is 0 Å². The number of sulfone groups is 1. The molecule has 0 radical (unpaired) electrons. The highest BCUT2D eigenvalue weighted by atomic mass is 32.2. The zero-order valence-electron chi connectivity index (χ0n) is 10.1. The summed E-state index contributed by atoms with van der Waals surface area (Å²) in [5.41, 5.74) is 0.932. The third kappa shape index (κ3) is 3.32. The Morgan fingerprint density at radius 1 is 1.61 bits per heavy atom.